The quantitative estimate of drug-likeness (QED) is 0.684. The molecular weight excluding hydrogens is 432 g/mol. The summed E-state index contributed by atoms with van der Waals surface area (Å²) in [5, 5.41) is 9.30. The summed E-state index contributed by atoms with van der Waals surface area (Å²) in [7, 11) is 0. The van der Waals surface area contributed by atoms with Crippen LogP contribution in [0.3, 0.4) is 0 Å². The van der Waals surface area contributed by atoms with E-state index >= 15 is 0 Å². The lowest BCUT2D eigenvalue weighted by Gasteiger charge is -2.39. The minimum atomic E-state index is -0.774. The van der Waals surface area contributed by atoms with E-state index in [0.717, 1.165) is 37.2 Å². The molecule has 4 rings (SSSR count). The van der Waals surface area contributed by atoms with Gasteiger partial charge in [0.25, 0.3) is 0 Å². The van der Waals surface area contributed by atoms with Gasteiger partial charge in [-0.3, -0.25) is 4.79 Å². The molecule has 0 aromatic heterocycles. The Kier molecular flexibility index (Phi) is 7.11. The van der Waals surface area contributed by atoms with Crippen LogP contribution >= 0.6 is 24.0 Å². The predicted octanol–water partition coefficient (Wildman–Crippen LogP) is 4.68. The van der Waals surface area contributed by atoms with Crippen LogP contribution in [0.5, 0.6) is 11.5 Å². The Labute approximate surface area is 186 Å². The molecule has 1 atom stereocenters. The smallest absolute Gasteiger partial charge is 0.304 e. The minimum Gasteiger partial charge on any atom is -0.492 e. The average molecular weight is 456 g/mol. The molecule has 1 saturated heterocycles. The summed E-state index contributed by atoms with van der Waals surface area (Å²) in [6.07, 6.45) is 2.16. The Morgan fingerprint density at radius 3 is 2.93 bits per heavy atom. The summed E-state index contributed by atoms with van der Waals surface area (Å²) in [5.74, 6) is 0.211. The van der Waals surface area contributed by atoms with Crippen molar-refractivity contribution in [1.29, 1.82) is 0 Å². The van der Waals surface area contributed by atoms with E-state index in [0.29, 0.717) is 29.5 Å². The Morgan fingerprint density at radius 2 is 2.17 bits per heavy atom. The lowest BCUT2D eigenvalue weighted by atomic mass is 9.75. The van der Waals surface area contributed by atoms with Crippen molar-refractivity contribution in [2.45, 2.75) is 31.3 Å². The second-order valence-corrected chi connectivity index (χ2v) is 8.15. The van der Waals surface area contributed by atoms with Gasteiger partial charge in [-0.1, -0.05) is 23.7 Å². The molecule has 2 aliphatic heterocycles. The van der Waals surface area contributed by atoms with E-state index in [4.69, 9.17) is 26.2 Å². The van der Waals surface area contributed by atoms with Crippen molar-refractivity contribution in [3.05, 3.63) is 58.4 Å². The zero-order valence-electron chi connectivity index (χ0n) is 16.4. The number of hydrogen-bond donors (Lipinski definition) is 1. The average Bonchev–Trinajstić information content (AvgIpc) is 3.03. The highest BCUT2D eigenvalue weighted by atomic mass is 35.5. The van der Waals surface area contributed by atoms with Crippen LogP contribution < -0.4 is 9.47 Å². The third-order valence-electron chi connectivity index (χ3n) is 5.77. The molecule has 1 fully saturated rings. The third-order valence-corrected chi connectivity index (χ3v) is 6.13. The Balaban J connectivity index is 0.00000256. The Hall–Kier alpha value is -2.02. The SMILES string of the molecule is Cl.O=C(O)CCN1CCCC2(COc3cc(OCc4c(F)cccc4Cl)ccc32)C1. The molecule has 2 aromatic carbocycles. The Morgan fingerprint density at radius 1 is 1.33 bits per heavy atom. The first-order chi connectivity index (χ1) is 14.0. The standard InChI is InChI=1S/C22H23ClFNO4.ClH/c23-18-3-1-4-19(24)16(18)12-28-15-5-6-17-20(11-15)29-14-22(17)8-2-9-25(13-22)10-7-21(26)27;/h1,3-6,11H,2,7-10,12-14H2,(H,26,27);1H. The number of carboxylic acids is 1. The van der Waals surface area contributed by atoms with Gasteiger partial charge in [-0.2, -0.15) is 0 Å². The first kappa shape index (κ1) is 22.7. The third kappa shape index (κ3) is 4.66. The largest absolute Gasteiger partial charge is 0.492 e. The van der Waals surface area contributed by atoms with Crippen LogP contribution in [0.4, 0.5) is 4.39 Å². The van der Waals surface area contributed by atoms with Gasteiger partial charge in [0.2, 0.25) is 0 Å². The molecule has 5 nitrogen and oxygen atoms in total. The number of rotatable bonds is 6. The molecule has 2 heterocycles. The van der Waals surface area contributed by atoms with Crippen molar-refractivity contribution >= 4 is 30.0 Å². The summed E-state index contributed by atoms with van der Waals surface area (Å²) in [4.78, 5) is 13.1. The lowest BCUT2D eigenvalue weighted by Crippen LogP contribution is -2.47. The summed E-state index contributed by atoms with van der Waals surface area (Å²) in [6, 6.07) is 10.3. The van der Waals surface area contributed by atoms with Gasteiger partial charge in [0, 0.05) is 35.7 Å². The molecule has 0 saturated carbocycles. The van der Waals surface area contributed by atoms with Crippen LogP contribution in [0.2, 0.25) is 5.02 Å². The van der Waals surface area contributed by atoms with Crippen LogP contribution in [0, 0.1) is 5.82 Å². The second kappa shape index (κ2) is 9.41. The van der Waals surface area contributed by atoms with Crippen molar-refractivity contribution in [3.63, 3.8) is 0 Å². The van der Waals surface area contributed by atoms with Crippen molar-refractivity contribution in [1.82, 2.24) is 4.90 Å². The highest BCUT2D eigenvalue weighted by Crippen LogP contribution is 2.45. The van der Waals surface area contributed by atoms with Gasteiger partial charge < -0.3 is 19.5 Å². The molecule has 2 aliphatic rings. The summed E-state index contributed by atoms with van der Waals surface area (Å²) in [5.41, 5.74) is 1.35. The highest BCUT2D eigenvalue weighted by molar-refractivity contribution is 6.31. The number of aliphatic carboxylic acids is 1. The molecule has 0 aliphatic carbocycles. The van der Waals surface area contributed by atoms with Crippen molar-refractivity contribution in [3.8, 4) is 11.5 Å². The number of ether oxygens (including phenoxy) is 2. The normalized spacial score (nSPS) is 20.3. The van der Waals surface area contributed by atoms with E-state index < -0.39 is 11.8 Å². The fourth-order valence-corrected chi connectivity index (χ4v) is 4.50. The molecule has 30 heavy (non-hydrogen) atoms. The molecule has 162 valence electrons. The van der Waals surface area contributed by atoms with Gasteiger partial charge in [-0.15, -0.1) is 12.4 Å². The second-order valence-electron chi connectivity index (χ2n) is 7.74. The molecule has 1 unspecified atom stereocenters. The van der Waals surface area contributed by atoms with Gasteiger partial charge >= 0.3 is 5.97 Å². The summed E-state index contributed by atoms with van der Waals surface area (Å²) < 4.78 is 25.7. The van der Waals surface area contributed by atoms with E-state index in [1.165, 1.54) is 6.07 Å². The number of carbonyl (C=O) groups is 1. The van der Waals surface area contributed by atoms with Crippen molar-refractivity contribution in [2.75, 3.05) is 26.2 Å². The minimum absolute atomic E-state index is 0. The van der Waals surface area contributed by atoms with Gasteiger partial charge in [0.05, 0.1) is 18.1 Å². The number of hydrogen-bond acceptors (Lipinski definition) is 4. The highest BCUT2D eigenvalue weighted by Gasteiger charge is 2.43. The van der Waals surface area contributed by atoms with Crippen LogP contribution in [0.15, 0.2) is 36.4 Å². The summed E-state index contributed by atoms with van der Waals surface area (Å²) >= 11 is 6.06. The molecular formula is C22H24Cl2FNO4. The van der Waals surface area contributed by atoms with Crippen molar-refractivity contribution < 1.29 is 23.8 Å². The molecule has 8 heteroatoms. The fraction of sp³-hybridized carbons (Fsp3) is 0.409. The van der Waals surface area contributed by atoms with E-state index in [1.807, 2.05) is 18.2 Å². The monoisotopic (exact) mass is 455 g/mol. The number of carboxylic acid groups (broad SMARTS) is 1. The van der Waals surface area contributed by atoms with E-state index in [1.54, 1.807) is 12.1 Å². The molecule has 1 spiro atoms. The maximum absolute atomic E-state index is 13.9. The van der Waals surface area contributed by atoms with E-state index in [9.17, 15) is 9.18 Å². The molecule has 0 bridgehead atoms. The maximum Gasteiger partial charge on any atom is 0.304 e. The predicted molar refractivity (Wildman–Crippen MR) is 115 cm³/mol. The zero-order valence-corrected chi connectivity index (χ0v) is 18.0. The maximum atomic E-state index is 13.9. The van der Waals surface area contributed by atoms with Gasteiger partial charge in [-0.25, -0.2) is 4.39 Å². The van der Waals surface area contributed by atoms with Crippen LogP contribution in [-0.2, 0) is 16.8 Å². The van der Waals surface area contributed by atoms with Gasteiger partial charge in [0.15, 0.2) is 0 Å². The molecule has 2 aromatic rings. The molecule has 0 radical (unpaired) electrons. The van der Waals surface area contributed by atoms with Crippen LogP contribution in [0.1, 0.15) is 30.4 Å². The Bertz CT molecular complexity index is 906. The van der Waals surface area contributed by atoms with Gasteiger partial charge in [-0.05, 0) is 37.6 Å². The number of nitrogens with zero attached hydrogens (tertiary/aromatic N) is 1. The number of benzene rings is 2. The number of piperidine rings is 1. The first-order valence-electron chi connectivity index (χ1n) is 9.74. The molecule has 0 amide bonds. The zero-order chi connectivity index (χ0) is 20.4. The summed E-state index contributed by atoms with van der Waals surface area (Å²) in [6.45, 7) is 2.87. The fourth-order valence-electron chi connectivity index (χ4n) is 4.28. The lowest BCUT2D eigenvalue weighted by molar-refractivity contribution is -0.137. The van der Waals surface area contributed by atoms with Crippen LogP contribution in [-0.4, -0.2) is 42.2 Å². The first-order valence-corrected chi connectivity index (χ1v) is 10.1. The van der Waals surface area contributed by atoms with E-state index in [2.05, 4.69) is 4.90 Å². The van der Waals surface area contributed by atoms with Gasteiger partial charge in [0.1, 0.15) is 23.9 Å². The molecule has 1 N–H and O–H groups in total. The number of fused-ring (bicyclic) bond motifs is 2. The van der Waals surface area contributed by atoms with Crippen molar-refractivity contribution in [2.24, 2.45) is 0 Å². The topological polar surface area (TPSA) is 59.0 Å². The number of halogens is 3. The number of likely N-dealkylation sites (tertiary alicyclic amines) is 1. The van der Waals surface area contributed by atoms with Crippen LogP contribution in [0.25, 0.3) is 0 Å². The van der Waals surface area contributed by atoms with E-state index in [-0.39, 0.29) is 30.8 Å².